The van der Waals surface area contributed by atoms with Crippen LogP contribution in [-0.4, -0.2) is 24.9 Å². The van der Waals surface area contributed by atoms with Crippen LogP contribution in [0.5, 0.6) is 0 Å². The van der Waals surface area contributed by atoms with E-state index in [9.17, 15) is 8.42 Å². The van der Waals surface area contributed by atoms with Crippen LogP contribution in [0.4, 0.5) is 11.6 Å². The molecule has 0 unspecified atom stereocenters. The van der Waals surface area contributed by atoms with E-state index < -0.39 is 10.0 Å². The number of hydrogen-bond donors (Lipinski definition) is 2. The summed E-state index contributed by atoms with van der Waals surface area (Å²) in [4.78, 5) is 9.23. The summed E-state index contributed by atoms with van der Waals surface area (Å²) in [5.41, 5.74) is 3.04. The maximum Gasteiger partial charge on any atom is 0.263 e. The third kappa shape index (κ3) is 3.77. The molecule has 1 heterocycles. The second-order valence-corrected chi connectivity index (χ2v) is 7.86. The molecule has 0 saturated carbocycles. The predicted octanol–water partition coefficient (Wildman–Crippen LogP) is 3.87. The molecule has 3 rings (SSSR count). The first-order valence-corrected chi connectivity index (χ1v) is 10.00. The number of para-hydroxylation sites is 2. The minimum Gasteiger partial charge on any atom is -0.367 e. The molecule has 2 aromatic carbocycles. The topological polar surface area (TPSA) is 84.0 Å². The zero-order chi connectivity index (χ0) is 18.7. The Morgan fingerprint density at radius 3 is 2.23 bits per heavy atom. The van der Waals surface area contributed by atoms with E-state index in [1.165, 1.54) is 0 Å². The molecule has 7 heteroatoms. The number of sulfonamides is 1. The van der Waals surface area contributed by atoms with Crippen molar-refractivity contribution in [2.45, 2.75) is 32.1 Å². The fourth-order valence-corrected chi connectivity index (χ4v) is 3.96. The molecule has 26 heavy (non-hydrogen) atoms. The first kappa shape index (κ1) is 18.1. The smallest absolute Gasteiger partial charge is 0.263 e. The van der Waals surface area contributed by atoms with Crippen molar-refractivity contribution >= 4 is 32.7 Å². The Morgan fingerprint density at radius 2 is 1.62 bits per heavy atom. The Labute approximate surface area is 153 Å². The fourth-order valence-electron chi connectivity index (χ4n) is 2.72. The maximum absolute atomic E-state index is 12.9. The Balaban J connectivity index is 2.05. The van der Waals surface area contributed by atoms with Crippen LogP contribution in [0.1, 0.15) is 24.5 Å². The summed E-state index contributed by atoms with van der Waals surface area (Å²) < 4.78 is 28.4. The van der Waals surface area contributed by atoms with Crippen molar-refractivity contribution < 1.29 is 8.42 Å². The lowest BCUT2D eigenvalue weighted by molar-refractivity contribution is 0.600. The lowest BCUT2D eigenvalue weighted by atomic mass is 10.2. The summed E-state index contributed by atoms with van der Waals surface area (Å²) in [7, 11) is -3.77. The molecule has 0 atom stereocenters. The van der Waals surface area contributed by atoms with Crippen LogP contribution in [0.3, 0.4) is 0 Å². The minimum atomic E-state index is -3.77. The standard InChI is InChI=1S/C19H22N4O2S/c1-4-11-20-18-19(22-16-8-6-5-7-15(16)21-18)23-26(24,25)17-10-9-13(2)12-14(17)3/h5-10,12H,4,11H2,1-3H3,(H,20,21)(H,22,23). The summed E-state index contributed by atoms with van der Waals surface area (Å²) in [5, 5.41) is 3.15. The molecule has 2 N–H and O–H groups in total. The molecule has 136 valence electrons. The highest BCUT2D eigenvalue weighted by molar-refractivity contribution is 7.92. The average molecular weight is 370 g/mol. The quantitative estimate of drug-likeness (QED) is 0.688. The minimum absolute atomic E-state index is 0.206. The van der Waals surface area contributed by atoms with Gasteiger partial charge in [0.15, 0.2) is 11.6 Å². The van der Waals surface area contributed by atoms with Gasteiger partial charge in [0.2, 0.25) is 0 Å². The van der Waals surface area contributed by atoms with Gasteiger partial charge in [0.25, 0.3) is 10.0 Å². The van der Waals surface area contributed by atoms with Gasteiger partial charge in [-0.2, -0.15) is 0 Å². The molecule has 0 saturated heterocycles. The van der Waals surface area contributed by atoms with Crippen molar-refractivity contribution in [3.8, 4) is 0 Å². The zero-order valence-corrected chi connectivity index (χ0v) is 15.9. The van der Waals surface area contributed by atoms with E-state index in [1.54, 1.807) is 25.1 Å². The van der Waals surface area contributed by atoms with Gasteiger partial charge >= 0.3 is 0 Å². The Hall–Kier alpha value is -2.67. The van der Waals surface area contributed by atoms with Gasteiger partial charge in [-0.05, 0) is 44.0 Å². The highest BCUT2D eigenvalue weighted by atomic mass is 32.2. The van der Waals surface area contributed by atoms with E-state index in [0.29, 0.717) is 29.0 Å². The third-order valence-corrected chi connectivity index (χ3v) is 5.46. The highest BCUT2D eigenvalue weighted by Gasteiger charge is 2.20. The molecule has 0 spiro atoms. The Morgan fingerprint density at radius 1 is 0.962 bits per heavy atom. The van der Waals surface area contributed by atoms with Crippen molar-refractivity contribution in [3.63, 3.8) is 0 Å². The molecular formula is C19H22N4O2S. The van der Waals surface area contributed by atoms with Crippen LogP contribution in [0.25, 0.3) is 11.0 Å². The summed E-state index contributed by atoms with van der Waals surface area (Å²) in [6, 6.07) is 12.6. The van der Waals surface area contributed by atoms with E-state index in [0.717, 1.165) is 12.0 Å². The van der Waals surface area contributed by atoms with Gasteiger partial charge in [0, 0.05) is 6.54 Å². The number of aromatic nitrogens is 2. The van der Waals surface area contributed by atoms with Gasteiger partial charge in [0.05, 0.1) is 15.9 Å². The Bertz CT molecular complexity index is 1050. The van der Waals surface area contributed by atoms with Crippen LogP contribution in [0, 0.1) is 13.8 Å². The van der Waals surface area contributed by atoms with Gasteiger partial charge in [-0.15, -0.1) is 0 Å². The maximum atomic E-state index is 12.9. The molecule has 0 radical (unpaired) electrons. The number of fused-ring (bicyclic) bond motifs is 1. The molecule has 0 aliphatic heterocycles. The van der Waals surface area contributed by atoms with Crippen LogP contribution in [-0.2, 0) is 10.0 Å². The molecular weight excluding hydrogens is 348 g/mol. The third-order valence-electron chi connectivity index (χ3n) is 3.96. The molecule has 3 aromatic rings. The zero-order valence-electron chi connectivity index (χ0n) is 15.1. The molecule has 0 aliphatic carbocycles. The summed E-state index contributed by atoms with van der Waals surface area (Å²) in [6.07, 6.45) is 0.887. The van der Waals surface area contributed by atoms with E-state index in [1.807, 2.05) is 38.1 Å². The van der Waals surface area contributed by atoms with E-state index >= 15 is 0 Å². The highest BCUT2D eigenvalue weighted by Crippen LogP contribution is 2.25. The fraction of sp³-hybridized carbons (Fsp3) is 0.263. The van der Waals surface area contributed by atoms with Crippen LogP contribution < -0.4 is 10.0 Å². The van der Waals surface area contributed by atoms with Crippen molar-refractivity contribution in [2.75, 3.05) is 16.6 Å². The van der Waals surface area contributed by atoms with Crippen LogP contribution >= 0.6 is 0 Å². The first-order chi connectivity index (χ1) is 12.4. The number of nitrogens with one attached hydrogen (secondary N) is 2. The van der Waals surface area contributed by atoms with Gasteiger partial charge in [-0.3, -0.25) is 4.72 Å². The predicted molar refractivity (Wildman–Crippen MR) is 105 cm³/mol. The van der Waals surface area contributed by atoms with Gasteiger partial charge in [0.1, 0.15) is 0 Å². The largest absolute Gasteiger partial charge is 0.367 e. The van der Waals surface area contributed by atoms with Crippen LogP contribution in [0.2, 0.25) is 0 Å². The van der Waals surface area contributed by atoms with Crippen LogP contribution in [0.15, 0.2) is 47.4 Å². The number of anilines is 2. The molecule has 6 nitrogen and oxygen atoms in total. The monoisotopic (exact) mass is 370 g/mol. The summed E-state index contributed by atoms with van der Waals surface area (Å²) in [6.45, 7) is 6.41. The van der Waals surface area contributed by atoms with Gasteiger partial charge < -0.3 is 5.32 Å². The van der Waals surface area contributed by atoms with E-state index in [2.05, 4.69) is 20.0 Å². The van der Waals surface area contributed by atoms with E-state index in [-0.39, 0.29) is 10.7 Å². The molecule has 0 aliphatic rings. The van der Waals surface area contributed by atoms with Crippen molar-refractivity contribution in [1.29, 1.82) is 0 Å². The number of aryl methyl sites for hydroxylation is 2. The van der Waals surface area contributed by atoms with E-state index in [4.69, 9.17) is 0 Å². The Kier molecular flexibility index (Phi) is 5.08. The second kappa shape index (κ2) is 7.29. The first-order valence-electron chi connectivity index (χ1n) is 8.51. The lowest BCUT2D eigenvalue weighted by Gasteiger charge is -2.14. The number of benzene rings is 2. The number of rotatable bonds is 6. The molecule has 0 bridgehead atoms. The van der Waals surface area contributed by atoms with Crippen molar-refractivity contribution in [1.82, 2.24) is 9.97 Å². The lowest BCUT2D eigenvalue weighted by Crippen LogP contribution is -2.17. The normalized spacial score (nSPS) is 11.5. The molecule has 1 aromatic heterocycles. The summed E-state index contributed by atoms with van der Waals surface area (Å²) in [5.74, 6) is 0.635. The summed E-state index contributed by atoms with van der Waals surface area (Å²) >= 11 is 0. The number of hydrogen-bond acceptors (Lipinski definition) is 5. The second-order valence-electron chi connectivity index (χ2n) is 6.21. The SMILES string of the molecule is CCCNc1nc2ccccc2nc1NS(=O)(=O)c1ccc(C)cc1C. The van der Waals surface area contributed by atoms with Gasteiger partial charge in [-0.1, -0.05) is 36.8 Å². The van der Waals surface area contributed by atoms with Gasteiger partial charge in [-0.25, -0.2) is 18.4 Å². The molecule has 0 fully saturated rings. The molecule has 0 amide bonds. The average Bonchev–Trinajstić information content (AvgIpc) is 2.59. The van der Waals surface area contributed by atoms with Crippen molar-refractivity contribution in [2.24, 2.45) is 0 Å². The number of nitrogens with zero attached hydrogens (tertiary/aromatic N) is 2. The van der Waals surface area contributed by atoms with Crippen molar-refractivity contribution in [3.05, 3.63) is 53.6 Å².